The average Bonchev–Trinajstić information content (AvgIpc) is 3.17. The van der Waals surface area contributed by atoms with Gasteiger partial charge in [0.05, 0.1) is 32.1 Å². The summed E-state index contributed by atoms with van der Waals surface area (Å²) in [5.74, 6) is 0.733. The molecule has 3 aromatic rings. The highest BCUT2D eigenvalue weighted by atomic mass is 16.6. The lowest BCUT2D eigenvalue weighted by Crippen LogP contribution is -2.32. The molecule has 26 heavy (non-hydrogen) atoms. The summed E-state index contributed by atoms with van der Waals surface area (Å²) in [5, 5.41) is 4.68. The van der Waals surface area contributed by atoms with Crippen LogP contribution >= 0.6 is 0 Å². The van der Waals surface area contributed by atoms with Crippen molar-refractivity contribution in [1.29, 1.82) is 0 Å². The number of hydrogen-bond acceptors (Lipinski definition) is 5. The van der Waals surface area contributed by atoms with Gasteiger partial charge in [-0.05, 0) is 24.1 Å². The SMILES string of the molecule is CCc1cnc(-c2cccc(-c3ccn(CC4COCCO4)n3)c2)nc1. The van der Waals surface area contributed by atoms with E-state index in [0.29, 0.717) is 26.4 Å². The van der Waals surface area contributed by atoms with E-state index in [4.69, 9.17) is 9.47 Å². The molecular weight excluding hydrogens is 328 g/mol. The maximum atomic E-state index is 5.69. The minimum atomic E-state index is 0.0633. The average molecular weight is 350 g/mol. The van der Waals surface area contributed by atoms with Crippen LogP contribution in [0.3, 0.4) is 0 Å². The van der Waals surface area contributed by atoms with Gasteiger partial charge in [-0.25, -0.2) is 9.97 Å². The van der Waals surface area contributed by atoms with Crippen LogP contribution in [-0.4, -0.2) is 45.7 Å². The maximum absolute atomic E-state index is 5.69. The monoisotopic (exact) mass is 350 g/mol. The molecule has 1 aromatic carbocycles. The maximum Gasteiger partial charge on any atom is 0.159 e. The Morgan fingerprint density at radius 1 is 1.12 bits per heavy atom. The standard InChI is InChI=1S/C20H22N4O2/c1-2-15-11-21-20(22-12-15)17-5-3-4-16(10-17)19-6-7-24(23-19)13-18-14-25-8-9-26-18/h3-7,10-12,18H,2,8-9,13-14H2,1H3. The topological polar surface area (TPSA) is 62.1 Å². The largest absolute Gasteiger partial charge is 0.376 e. The van der Waals surface area contributed by atoms with Crippen molar-refractivity contribution in [1.82, 2.24) is 19.7 Å². The molecule has 0 N–H and O–H groups in total. The molecule has 1 fully saturated rings. The summed E-state index contributed by atoms with van der Waals surface area (Å²) >= 11 is 0. The van der Waals surface area contributed by atoms with Crippen molar-refractivity contribution in [2.24, 2.45) is 0 Å². The van der Waals surface area contributed by atoms with Crippen molar-refractivity contribution in [3.8, 4) is 22.6 Å². The van der Waals surface area contributed by atoms with Crippen LogP contribution in [0.15, 0.2) is 48.9 Å². The lowest BCUT2D eigenvalue weighted by atomic mass is 10.1. The Balaban J connectivity index is 1.52. The molecule has 3 heterocycles. The molecule has 6 nitrogen and oxygen atoms in total. The fraction of sp³-hybridized carbons (Fsp3) is 0.350. The van der Waals surface area contributed by atoms with Crippen LogP contribution in [0.4, 0.5) is 0 Å². The van der Waals surface area contributed by atoms with Crippen molar-refractivity contribution in [2.45, 2.75) is 26.0 Å². The number of hydrogen-bond donors (Lipinski definition) is 0. The van der Waals surface area contributed by atoms with Crippen LogP contribution in [0, 0.1) is 0 Å². The molecule has 6 heteroatoms. The van der Waals surface area contributed by atoms with Crippen molar-refractivity contribution in [3.05, 3.63) is 54.5 Å². The van der Waals surface area contributed by atoms with Gasteiger partial charge >= 0.3 is 0 Å². The number of nitrogens with zero attached hydrogens (tertiary/aromatic N) is 4. The normalized spacial score (nSPS) is 17.3. The van der Waals surface area contributed by atoms with Crippen LogP contribution in [0.25, 0.3) is 22.6 Å². The highest BCUT2D eigenvalue weighted by Gasteiger charge is 2.15. The first-order chi connectivity index (χ1) is 12.8. The van der Waals surface area contributed by atoms with Gasteiger partial charge in [0.2, 0.25) is 0 Å². The van der Waals surface area contributed by atoms with E-state index in [-0.39, 0.29) is 6.10 Å². The molecule has 1 aliphatic heterocycles. The van der Waals surface area contributed by atoms with Gasteiger partial charge in [-0.3, -0.25) is 4.68 Å². The first-order valence-corrected chi connectivity index (χ1v) is 8.96. The van der Waals surface area contributed by atoms with Gasteiger partial charge < -0.3 is 9.47 Å². The molecule has 1 atom stereocenters. The minimum absolute atomic E-state index is 0.0633. The van der Waals surface area contributed by atoms with E-state index in [2.05, 4.69) is 34.1 Å². The van der Waals surface area contributed by atoms with Crippen LogP contribution < -0.4 is 0 Å². The lowest BCUT2D eigenvalue weighted by Gasteiger charge is -2.22. The Kier molecular flexibility index (Phi) is 5.04. The van der Waals surface area contributed by atoms with Gasteiger partial charge in [-0.15, -0.1) is 0 Å². The second kappa shape index (κ2) is 7.76. The zero-order valence-corrected chi connectivity index (χ0v) is 14.8. The summed E-state index contributed by atoms with van der Waals surface area (Å²) < 4.78 is 13.0. The number of aryl methyl sites for hydroxylation is 1. The third-order valence-corrected chi connectivity index (χ3v) is 4.45. The molecule has 1 unspecified atom stereocenters. The zero-order valence-electron chi connectivity index (χ0n) is 14.8. The Labute approximate surface area is 152 Å². The minimum Gasteiger partial charge on any atom is -0.376 e. The van der Waals surface area contributed by atoms with E-state index >= 15 is 0 Å². The lowest BCUT2D eigenvalue weighted by molar-refractivity contribution is -0.0946. The highest BCUT2D eigenvalue weighted by Crippen LogP contribution is 2.23. The predicted octanol–water partition coefficient (Wildman–Crippen LogP) is 2.98. The Morgan fingerprint density at radius 2 is 1.96 bits per heavy atom. The Morgan fingerprint density at radius 3 is 2.73 bits per heavy atom. The molecule has 0 radical (unpaired) electrons. The van der Waals surface area contributed by atoms with Crippen LogP contribution in [0.2, 0.25) is 0 Å². The predicted molar refractivity (Wildman–Crippen MR) is 98.6 cm³/mol. The van der Waals surface area contributed by atoms with E-state index in [9.17, 15) is 0 Å². The van der Waals surface area contributed by atoms with Crippen LogP contribution in [0.1, 0.15) is 12.5 Å². The number of aromatic nitrogens is 4. The van der Waals surface area contributed by atoms with Gasteiger partial charge in [-0.1, -0.05) is 25.1 Å². The number of rotatable bonds is 5. The Hall–Kier alpha value is -2.57. The molecule has 0 aliphatic carbocycles. The zero-order chi connectivity index (χ0) is 17.8. The van der Waals surface area contributed by atoms with E-state index in [1.165, 1.54) is 0 Å². The molecule has 4 rings (SSSR count). The Bertz CT molecular complexity index is 854. The third-order valence-electron chi connectivity index (χ3n) is 4.45. The van der Waals surface area contributed by atoms with E-state index in [1.807, 2.05) is 41.5 Å². The summed E-state index contributed by atoms with van der Waals surface area (Å²) in [7, 11) is 0. The fourth-order valence-electron chi connectivity index (χ4n) is 2.97. The van der Waals surface area contributed by atoms with Crippen molar-refractivity contribution in [2.75, 3.05) is 19.8 Å². The van der Waals surface area contributed by atoms with Gasteiger partial charge in [-0.2, -0.15) is 5.10 Å². The van der Waals surface area contributed by atoms with Crippen molar-refractivity contribution >= 4 is 0 Å². The molecule has 2 aromatic heterocycles. The number of ether oxygens (including phenoxy) is 2. The molecule has 0 saturated carbocycles. The molecular formula is C20H22N4O2. The molecule has 0 amide bonds. The van der Waals surface area contributed by atoms with Gasteiger partial charge in [0.15, 0.2) is 5.82 Å². The van der Waals surface area contributed by atoms with Crippen molar-refractivity contribution in [3.63, 3.8) is 0 Å². The van der Waals surface area contributed by atoms with Gasteiger partial charge in [0.1, 0.15) is 6.10 Å². The van der Waals surface area contributed by atoms with Crippen molar-refractivity contribution < 1.29 is 9.47 Å². The highest BCUT2D eigenvalue weighted by molar-refractivity contribution is 5.67. The summed E-state index contributed by atoms with van der Waals surface area (Å²) in [4.78, 5) is 8.94. The van der Waals surface area contributed by atoms with E-state index in [1.54, 1.807) is 0 Å². The summed E-state index contributed by atoms with van der Waals surface area (Å²) in [6.45, 7) is 4.74. The van der Waals surface area contributed by atoms with Gasteiger partial charge in [0, 0.05) is 29.7 Å². The summed E-state index contributed by atoms with van der Waals surface area (Å²) in [6.07, 6.45) is 6.75. The van der Waals surface area contributed by atoms with E-state index < -0.39 is 0 Å². The molecule has 1 aliphatic rings. The third kappa shape index (κ3) is 3.81. The summed E-state index contributed by atoms with van der Waals surface area (Å²) in [6, 6.07) is 10.2. The molecule has 0 bridgehead atoms. The molecule has 134 valence electrons. The van der Waals surface area contributed by atoms with E-state index in [0.717, 1.165) is 34.6 Å². The second-order valence-corrected chi connectivity index (χ2v) is 6.34. The number of benzene rings is 1. The van der Waals surface area contributed by atoms with Crippen LogP contribution in [0.5, 0.6) is 0 Å². The fourth-order valence-corrected chi connectivity index (χ4v) is 2.97. The first kappa shape index (κ1) is 16.9. The first-order valence-electron chi connectivity index (χ1n) is 8.96. The molecule has 0 spiro atoms. The van der Waals surface area contributed by atoms with Gasteiger partial charge in [0.25, 0.3) is 0 Å². The second-order valence-electron chi connectivity index (χ2n) is 6.34. The summed E-state index contributed by atoms with van der Waals surface area (Å²) in [5.41, 5.74) is 4.10. The quantitative estimate of drug-likeness (QED) is 0.708. The van der Waals surface area contributed by atoms with Crippen LogP contribution in [-0.2, 0) is 22.4 Å². The smallest absolute Gasteiger partial charge is 0.159 e. The molecule has 1 saturated heterocycles.